The number of hydrogen-bond donors (Lipinski definition) is 2. The zero-order chi connectivity index (χ0) is 18.4. The van der Waals surface area contributed by atoms with E-state index in [0.717, 1.165) is 11.3 Å². The van der Waals surface area contributed by atoms with E-state index in [1.165, 1.54) is 0 Å². The number of oxazole rings is 1. The van der Waals surface area contributed by atoms with Crippen LogP contribution in [-0.4, -0.2) is 25.2 Å². The van der Waals surface area contributed by atoms with Crippen LogP contribution in [0.3, 0.4) is 0 Å². The Bertz CT molecular complexity index is 908. The summed E-state index contributed by atoms with van der Waals surface area (Å²) in [6, 6.07) is 13.4. The number of para-hydroxylation sites is 1. The third kappa shape index (κ3) is 4.12. The second-order valence-corrected chi connectivity index (χ2v) is 5.57. The molecule has 3 aromatic rings. The summed E-state index contributed by atoms with van der Waals surface area (Å²) in [4.78, 5) is 4.39. The van der Waals surface area contributed by atoms with Gasteiger partial charge >= 0.3 is 0 Å². The predicted molar refractivity (Wildman–Crippen MR) is 98.1 cm³/mol. The van der Waals surface area contributed by atoms with Crippen molar-refractivity contribution in [2.45, 2.75) is 6.54 Å². The van der Waals surface area contributed by atoms with E-state index in [9.17, 15) is 4.39 Å². The van der Waals surface area contributed by atoms with Crippen molar-refractivity contribution in [2.75, 3.05) is 25.6 Å². The number of anilines is 1. The van der Waals surface area contributed by atoms with E-state index in [-0.39, 0.29) is 13.2 Å². The molecule has 1 heterocycles. The quantitative estimate of drug-likeness (QED) is 0.640. The van der Waals surface area contributed by atoms with Crippen LogP contribution in [0.5, 0.6) is 11.5 Å². The second-order valence-electron chi connectivity index (χ2n) is 5.57. The predicted octanol–water partition coefficient (Wildman–Crippen LogP) is 3.64. The maximum absolute atomic E-state index is 12.5. The van der Waals surface area contributed by atoms with Gasteiger partial charge < -0.3 is 24.9 Å². The van der Waals surface area contributed by atoms with Gasteiger partial charge in [0.2, 0.25) is 0 Å². The molecule has 0 amide bonds. The van der Waals surface area contributed by atoms with Crippen LogP contribution in [0.1, 0.15) is 5.56 Å². The van der Waals surface area contributed by atoms with Crippen molar-refractivity contribution in [3.05, 3.63) is 59.9 Å². The number of halogens is 1. The summed E-state index contributed by atoms with van der Waals surface area (Å²) in [6.45, 7) is 0.713. The number of rotatable bonds is 8. The lowest BCUT2D eigenvalue weighted by atomic mass is 10.2. The SMILES string of the molecule is COc1ccccc1CNc1nc2ccc(OC/C(=C\F)CN)cc2o1. The summed E-state index contributed by atoms with van der Waals surface area (Å²) in [5.41, 5.74) is 8.05. The standard InChI is InChI=1S/C19H20FN3O3/c1-24-17-5-3-2-4-14(17)11-22-19-23-16-7-6-15(8-18(16)26-19)25-12-13(9-20)10-21/h2-9H,10-12,21H2,1H3,(H,22,23)/b13-9-. The molecule has 0 bridgehead atoms. The van der Waals surface area contributed by atoms with E-state index in [1.54, 1.807) is 25.3 Å². The zero-order valence-corrected chi connectivity index (χ0v) is 14.4. The minimum Gasteiger partial charge on any atom is -0.496 e. The van der Waals surface area contributed by atoms with Crippen LogP contribution in [0.4, 0.5) is 10.4 Å². The molecule has 0 saturated heterocycles. The van der Waals surface area contributed by atoms with E-state index in [4.69, 9.17) is 19.6 Å². The van der Waals surface area contributed by atoms with Crippen molar-refractivity contribution in [3.8, 4) is 11.5 Å². The maximum Gasteiger partial charge on any atom is 0.295 e. The lowest BCUT2D eigenvalue weighted by Crippen LogP contribution is -2.10. The van der Waals surface area contributed by atoms with Gasteiger partial charge in [0.25, 0.3) is 6.01 Å². The van der Waals surface area contributed by atoms with Gasteiger partial charge in [-0.3, -0.25) is 0 Å². The largest absolute Gasteiger partial charge is 0.496 e. The molecular formula is C19H20FN3O3. The van der Waals surface area contributed by atoms with Crippen LogP contribution in [0.2, 0.25) is 0 Å². The van der Waals surface area contributed by atoms with Crippen LogP contribution < -0.4 is 20.5 Å². The molecule has 2 aromatic carbocycles. The highest BCUT2D eigenvalue weighted by atomic mass is 19.1. The minimum absolute atomic E-state index is 0.0888. The van der Waals surface area contributed by atoms with Crippen molar-refractivity contribution in [2.24, 2.45) is 5.73 Å². The normalized spacial score (nSPS) is 11.6. The molecule has 0 aliphatic heterocycles. The summed E-state index contributed by atoms with van der Waals surface area (Å²) in [5.74, 6) is 1.35. The molecular weight excluding hydrogens is 337 g/mol. The number of methoxy groups -OCH3 is 1. The van der Waals surface area contributed by atoms with Gasteiger partial charge in [0.1, 0.15) is 23.6 Å². The highest BCUT2D eigenvalue weighted by Crippen LogP contribution is 2.25. The Morgan fingerprint density at radius 2 is 2.15 bits per heavy atom. The number of nitrogens with one attached hydrogen (secondary N) is 1. The molecule has 3 N–H and O–H groups in total. The first kappa shape index (κ1) is 17.8. The number of nitrogens with zero attached hydrogens (tertiary/aromatic N) is 1. The molecule has 0 fully saturated rings. The Morgan fingerprint density at radius 1 is 1.31 bits per heavy atom. The Balaban J connectivity index is 1.69. The number of nitrogens with two attached hydrogens (primary N) is 1. The van der Waals surface area contributed by atoms with Crippen LogP contribution >= 0.6 is 0 Å². The van der Waals surface area contributed by atoms with Gasteiger partial charge in [0.15, 0.2) is 5.58 Å². The molecule has 0 aliphatic rings. The fourth-order valence-electron chi connectivity index (χ4n) is 2.40. The van der Waals surface area contributed by atoms with Crippen molar-refractivity contribution < 1.29 is 18.3 Å². The van der Waals surface area contributed by atoms with Crippen LogP contribution in [0.15, 0.2) is 58.8 Å². The Morgan fingerprint density at radius 3 is 2.92 bits per heavy atom. The van der Waals surface area contributed by atoms with Gasteiger partial charge in [-0.1, -0.05) is 18.2 Å². The fourth-order valence-corrected chi connectivity index (χ4v) is 2.40. The van der Waals surface area contributed by atoms with Crippen molar-refractivity contribution in [1.29, 1.82) is 0 Å². The molecule has 0 spiro atoms. The Kier molecular flexibility index (Phi) is 5.70. The van der Waals surface area contributed by atoms with E-state index in [0.29, 0.717) is 41.3 Å². The molecule has 0 atom stereocenters. The molecule has 6 nitrogen and oxygen atoms in total. The number of hydrogen-bond acceptors (Lipinski definition) is 6. The summed E-state index contributed by atoms with van der Waals surface area (Å²) in [5, 5.41) is 3.14. The van der Waals surface area contributed by atoms with Gasteiger partial charge in [-0.2, -0.15) is 4.98 Å². The summed E-state index contributed by atoms with van der Waals surface area (Å²) < 4.78 is 29.1. The smallest absolute Gasteiger partial charge is 0.295 e. The van der Waals surface area contributed by atoms with Gasteiger partial charge in [-0.05, 0) is 18.2 Å². The van der Waals surface area contributed by atoms with Crippen molar-refractivity contribution in [1.82, 2.24) is 4.98 Å². The van der Waals surface area contributed by atoms with Crippen molar-refractivity contribution in [3.63, 3.8) is 0 Å². The van der Waals surface area contributed by atoms with Crippen molar-refractivity contribution >= 4 is 17.1 Å². The molecule has 3 rings (SSSR count). The molecule has 0 radical (unpaired) electrons. The molecule has 7 heteroatoms. The number of benzene rings is 2. The lowest BCUT2D eigenvalue weighted by molar-refractivity contribution is 0.347. The summed E-state index contributed by atoms with van der Waals surface area (Å²) >= 11 is 0. The van der Waals surface area contributed by atoms with E-state index in [2.05, 4.69) is 10.3 Å². The van der Waals surface area contributed by atoms with Crippen LogP contribution in [0.25, 0.3) is 11.1 Å². The lowest BCUT2D eigenvalue weighted by Gasteiger charge is -2.07. The Hall–Kier alpha value is -3.06. The molecule has 1 aromatic heterocycles. The zero-order valence-electron chi connectivity index (χ0n) is 14.4. The first-order valence-corrected chi connectivity index (χ1v) is 8.11. The molecule has 0 unspecified atom stereocenters. The summed E-state index contributed by atoms with van der Waals surface area (Å²) in [7, 11) is 1.63. The number of ether oxygens (including phenoxy) is 2. The third-order valence-electron chi connectivity index (χ3n) is 3.82. The maximum atomic E-state index is 12.5. The average Bonchev–Trinajstić information content (AvgIpc) is 3.09. The van der Waals surface area contributed by atoms with Gasteiger partial charge in [-0.15, -0.1) is 0 Å². The first-order chi connectivity index (χ1) is 12.7. The number of aromatic nitrogens is 1. The first-order valence-electron chi connectivity index (χ1n) is 8.11. The molecule has 136 valence electrons. The molecule has 26 heavy (non-hydrogen) atoms. The topological polar surface area (TPSA) is 82.5 Å². The molecule has 0 saturated carbocycles. The highest BCUT2D eigenvalue weighted by Gasteiger charge is 2.09. The summed E-state index contributed by atoms with van der Waals surface area (Å²) in [6.07, 6.45) is 0.465. The van der Waals surface area contributed by atoms with E-state index >= 15 is 0 Å². The van der Waals surface area contributed by atoms with Crippen LogP contribution in [0, 0.1) is 0 Å². The van der Waals surface area contributed by atoms with Crippen LogP contribution in [-0.2, 0) is 6.54 Å². The van der Waals surface area contributed by atoms with E-state index in [1.807, 2.05) is 24.3 Å². The highest BCUT2D eigenvalue weighted by molar-refractivity contribution is 5.76. The average molecular weight is 357 g/mol. The third-order valence-corrected chi connectivity index (χ3v) is 3.82. The minimum atomic E-state index is 0.0888. The second kappa shape index (κ2) is 8.35. The fraction of sp³-hybridized carbons (Fsp3) is 0.211. The van der Waals surface area contributed by atoms with Gasteiger partial charge in [-0.25, -0.2) is 4.39 Å². The van der Waals surface area contributed by atoms with E-state index < -0.39 is 0 Å². The monoisotopic (exact) mass is 357 g/mol. The Labute approximate surface area is 150 Å². The molecule has 0 aliphatic carbocycles. The number of fused-ring (bicyclic) bond motifs is 1. The van der Waals surface area contributed by atoms with Gasteiger partial charge in [0, 0.05) is 30.3 Å². The van der Waals surface area contributed by atoms with Gasteiger partial charge in [0.05, 0.1) is 13.4 Å².